The van der Waals surface area contributed by atoms with Crippen LogP contribution >= 0.6 is 0 Å². The molecule has 0 saturated carbocycles. The number of hydrogen-bond acceptors (Lipinski definition) is 5. The third-order valence-electron chi connectivity index (χ3n) is 4.13. The second kappa shape index (κ2) is 7.10. The number of benzene rings is 3. The standard InChI is InChI=1S/C19H16N2O5/c1-26-19(23)20-18(14-8-4-5-9-15(14)21(24)25)17-13-7-3-2-6-12(13)10-11-16(17)22/h2-11,18,22H,1H3,(H,20,23). The predicted molar refractivity (Wildman–Crippen MR) is 96.1 cm³/mol. The molecule has 0 spiro atoms. The fraction of sp³-hybridized carbons (Fsp3) is 0.105. The van der Waals surface area contributed by atoms with Crippen molar-refractivity contribution in [2.45, 2.75) is 6.04 Å². The highest BCUT2D eigenvalue weighted by molar-refractivity contribution is 5.89. The van der Waals surface area contributed by atoms with Gasteiger partial charge in [0.2, 0.25) is 0 Å². The number of carbonyl (C=O) groups is 1. The molecule has 132 valence electrons. The summed E-state index contributed by atoms with van der Waals surface area (Å²) in [6.07, 6.45) is -0.763. The summed E-state index contributed by atoms with van der Waals surface area (Å²) in [4.78, 5) is 22.8. The first-order valence-electron chi connectivity index (χ1n) is 7.81. The van der Waals surface area contributed by atoms with E-state index in [0.717, 1.165) is 5.39 Å². The van der Waals surface area contributed by atoms with E-state index in [1.807, 2.05) is 12.1 Å². The van der Waals surface area contributed by atoms with Gasteiger partial charge in [-0.3, -0.25) is 10.1 Å². The number of fused-ring (bicyclic) bond motifs is 1. The normalized spacial score (nSPS) is 11.7. The lowest BCUT2D eigenvalue weighted by molar-refractivity contribution is -0.385. The number of para-hydroxylation sites is 1. The predicted octanol–water partition coefficient (Wildman–Crippen LogP) is 3.90. The number of amides is 1. The molecular weight excluding hydrogens is 336 g/mol. The third-order valence-corrected chi connectivity index (χ3v) is 4.13. The number of nitro benzene ring substituents is 1. The lowest BCUT2D eigenvalue weighted by Crippen LogP contribution is -2.29. The summed E-state index contributed by atoms with van der Waals surface area (Å²) in [5, 5.41) is 26.1. The molecule has 0 aliphatic heterocycles. The number of phenolic OH excluding ortho intramolecular Hbond substituents is 1. The number of alkyl carbamates (subject to hydrolysis) is 1. The van der Waals surface area contributed by atoms with Gasteiger partial charge in [-0.25, -0.2) is 4.79 Å². The SMILES string of the molecule is COC(=O)NC(c1ccccc1[N+](=O)[O-])c1c(O)ccc2ccccc12. The highest BCUT2D eigenvalue weighted by atomic mass is 16.6. The quantitative estimate of drug-likeness (QED) is 0.548. The Morgan fingerprint density at radius 3 is 2.54 bits per heavy atom. The summed E-state index contributed by atoms with van der Waals surface area (Å²) < 4.78 is 4.67. The van der Waals surface area contributed by atoms with Crippen LogP contribution in [0.15, 0.2) is 60.7 Å². The maximum atomic E-state index is 11.9. The maximum Gasteiger partial charge on any atom is 0.407 e. The van der Waals surface area contributed by atoms with Crippen molar-refractivity contribution in [1.29, 1.82) is 0 Å². The number of rotatable bonds is 4. The number of nitro groups is 1. The van der Waals surface area contributed by atoms with E-state index in [4.69, 9.17) is 0 Å². The van der Waals surface area contributed by atoms with E-state index in [9.17, 15) is 20.0 Å². The van der Waals surface area contributed by atoms with Gasteiger partial charge in [-0.2, -0.15) is 0 Å². The van der Waals surface area contributed by atoms with Crippen molar-refractivity contribution < 1.29 is 19.6 Å². The van der Waals surface area contributed by atoms with Gasteiger partial charge in [0.15, 0.2) is 0 Å². The molecule has 1 atom stereocenters. The van der Waals surface area contributed by atoms with Gasteiger partial charge < -0.3 is 15.2 Å². The average Bonchev–Trinajstić information content (AvgIpc) is 2.66. The zero-order valence-corrected chi connectivity index (χ0v) is 13.9. The second-order valence-corrected chi connectivity index (χ2v) is 5.60. The molecule has 3 rings (SSSR count). The van der Waals surface area contributed by atoms with Crippen molar-refractivity contribution in [2.24, 2.45) is 0 Å². The van der Waals surface area contributed by atoms with Crippen LogP contribution in [0.4, 0.5) is 10.5 Å². The van der Waals surface area contributed by atoms with E-state index in [0.29, 0.717) is 10.9 Å². The highest BCUT2D eigenvalue weighted by Crippen LogP contribution is 2.38. The fourth-order valence-electron chi connectivity index (χ4n) is 2.97. The van der Waals surface area contributed by atoms with Crippen molar-refractivity contribution in [3.63, 3.8) is 0 Å². The van der Waals surface area contributed by atoms with Crippen LogP contribution in [-0.4, -0.2) is 23.2 Å². The molecule has 7 nitrogen and oxygen atoms in total. The molecule has 3 aromatic rings. The van der Waals surface area contributed by atoms with Gasteiger partial charge in [0.1, 0.15) is 5.75 Å². The maximum absolute atomic E-state index is 11.9. The first kappa shape index (κ1) is 17.2. The summed E-state index contributed by atoms with van der Waals surface area (Å²) >= 11 is 0. The Bertz CT molecular complexity index is 987. The highest BCUT2D eigenvalue weighted by Gasteiger charge is 2.28. The minimum atomic E-state index is -0.963. The van der Waals surface area contributed by atoms with Crippen molar-refractivity contribution >= 4 is 22.6 Å². The zero-order chi connectivity index (χ0) is 18.7. The molecule has 0 saturated heterocycles. The van der Waals surface area contributed by atoms with E-state index in [2.05, 4.69) is 10.1 Å². The van der Waals surface area contributed by atoms with Crippen molar-refractivity contribution in [2.75, 3.05) is 7.11 Å². The largest absolute Gasteiger partial charge is 0.508 e. The van der Waals surface area contributed by atoms with Crippen LogP contribution in [0.2, 0.25) is 0 Å². The Kier molecular flexibility index (Phi) is 4.70. The van der Waals surface area contributed by atoms with Crippen LogP contribution in [-0.2, 0) is 4.74 Å². The molecule has 0 heterocycles. The Morgan fingerprint density at radius 2 is 1.81 bits per heavy atom. The molecule has 0 bridgehead atoms. The lowest BCUT2D eigenvalue weighted by atomic mass is 9.92. The van der Waals surface area contributed by atoms with Crippen molar-refractivity contribution in [1.82, 2.24) is 5.32 Å². The molecule has 0 aromatic heterocycles. The molecule has 1 unspecified atom stereocenters. The smallest absolute Gasteiger partial charge is 0.407 e. The van der Waals surface area contributed by atoms with E-state index >= 15 is 0 Å². The number of ether oxygens (including phenoxy) is 1. The first-order chi connectivity index (χ1) is 12.5. The number of carbonyl (C=O) groups excluding carboxylic acids is 1. The monoisotopic (exact) mass is 352 g/mol. The van der Waals surface area contributed by atoms with E-state index in [-0.39, 0.29) is 17.0 Å². The van der Waals surface area contributed by atoms with Crippen molar-refractivity contribution in [3.05, 3.63) is 81.9 Å². The molecule has 0 fully saturated rings. The first-order valence-corrected chi connectivity index (χ1v) is 7.81. The average molecular weight is 352 g/mol. The minimum absolute atomic E-state index is 0.0803. The number of methoxy groups -OCH3 is 1. The molecule has 26 heavy (non-hydrogen) atoms. The molecule has 2 N–H and O–H groups in total. The number of phenols is 1. The van der Waals surface area contributed by atoms with Gasteiger partial charge in [-0.15, -0.1) is 0 Å². The Labute approximate surface area is 149 Å². The second-order valence-electron chi connectivity index (χ2n) is 5.60. The van der Waals surface area contributed by atoms with Crippen LogP contribution in [0.5, 0.6) is 5.75 Å². The van der Waals surface area contributed by atoms with E-state index < -0.39 is 17.1 Å². The Hall–Kier alpha value is -3.61. The van der Waals surface area contributed by atoms with Gasteiger partial charge in [0.25, 0.3) is 5.69 Å². The molecule has 3 aromatic carbocycles. The Balaban J connectivity index is 2.29. The van der Waals surface area contributed by atoms with E-state index in [1.165, 1.54) is 19.2 Å². The number of hydrogen-bond donors (Lipinski definition) is 2. The van der Waals surface area contributed by atoms with Crippen LogP contribution in [0.25, 0.3) is 10.8 Å². The topological polar surface area (TPSA) is 102 Å². The summed E-state index contributed by atoms with van der Waals surface area (Å²) in [6, 6.07) is 15.6. The summed E-state index contributed by atoms with van der Waals surface area (Å²) in [7, 11) is 1.20. The lowest BCUT2D eigenvalue weighted by Gasteiger charge is -2.21. The molecule has 7 heteroatoms. The molecule has 1 amide bonds. The van der Waals surface area contributed by atoms with Gasteiger partial charge in [-0.1, -0.05) is 42.5 Å². The minimum Gasteiger partial charge on any atom is -0.508 e. The van der Waals surface area contributed by atoms with Crippen LogP contribution in [0, 0.1) is 10.1 Å². The number of nitrogens with one attached hydrogen (secondary N) is 1. The number of aromatic hydroxyl groups is 1. The molecule has 0 radical (unpaired) electrons. The van der Waals surface area contributed by atoms with Crippen molar-refractivity contribution in [3.8, 4) is 5.75 Å². The molecule has 0 aliphatic rings. The zero-order valence-electron chi connectivity index (χ0n) is 13.9. The third kappa shape index (κ3) is 3.14. The van der Waals surface area contributed by atoms with Gasteiger partial charge in [0.05, 0.1) is 23.6 Å². The summed E-state index contributed by atoms with van der Waals surface area (Å²) in [5.74, 6) is -0.0803. The molecule has 0 aliphatic carbocycles. The summed E-state index contributed by atoms with van der Waals surface area (Å²) in [5.41, 5.74) is 0.443. The fourth-order valence-corrected chi connectivity index (χ4v) is 2.97. The van der Waals surface area contributed by atoms with Crippen LogP contribution < -0.4 is 5.32 Å². The Morgan fingerprint density at radius 1 is 1.12 bits per heavy atom. The van der Waals surface area contributed by atoms with Crippen LogP contribution in [0.1, 0.15) is 17.2 Å². The van der Waals surface area contributed by atoms with E-state index in [1.54, 1.807) is 36.4 Å². The summed E-state index contributed by atoms with van der Waals surface area (Å²) in [6.45, 7) is 0. The van der Waals surface area contributed by atoms with Gasteiger partial charge in [-0.05, 0) is 22.9 Å². The molecular formula is C19H16N2O5. The number of nitrogens with zero attached hydrogens (tertiary/aromatic N) is 1. The van der Waals surface area contributed by atoms with Gasteiger partial charge in [0, 0.05) is 11.6 Å². The van der Waals surface area contributed by atoms with Gasteiger partial charge >= 0.3 is 6.09 Å². The van der Waals surface area contributed by atoms with Crippen LogP contribution in [0.3, 0.4) is 0 Å².